The van der Waals surface area contributed by atoms with Gasteiger partial charge in [0, 0.05) is 5.69 Å². The molecule has 1 N–H and O–H groups in total. The fraction of sp³-hybridized carbons (Fsp3) is 0.154. The Hall–Kier alpha value is -1.75. The van der Waals surface area contributed by atoms with Crippen molar-refractivity contribution in [1.82, 2.24) is 4.98 Å². The molecule has 100 valence electrons. The quantitative estimate of drug-likeness (QED) is 0.802. The standard InChI is InChI=1S/C13H10ClF3N2/c1-8-3-2-4-10(5-8)18-12-7-9(13(15,16)17)6-11(14)19-12/h2-7H,1H3,(H,18,19). The van der Waals surface area contributed by atoms with Crippen LogP contribution in [0.4, 0.5) is 24.7 Å². The van der Waals surface area contributed by atoms with E-state index in [4.69, 9.17) is 11.6 Å². The van der Waals surface area contributed by atoms with Crippen LogP contribution >= 0.6 is 11.6 Å². The summed E-state index contributed by atoms with van der Waals surface area (Å²) in [4.78, 5) is 3.83. The first-order valence-corrected chi connectivity index (χ1v) is 5.81. The van der Waals surface area contributed by atoms with Crippen LogP contribution in [0.5, 0.6) is 0 Å². The van der Waals surface area contributed by atoms with Crippen molar-refractivity contribution in [2.24, 2.45) is 0 Å². The molecule has 0 radical (unpaired) electrons. The number of hydrogen-bond acceptors (Lipinski definition) is 2. The predicted molar refractivity (Wildman–Crippen MR) is 68.7 cm³/mol. The number of benzene rings is 1. The van der Waals surface area contributed by atoms with E-state index in [1.807, 2.05) is 13.0 Å². The number of anilines is 2. The molecule has 0 aliphatic carbocycles. The Balaban J connectivity index is 2.33. The van der Waals surface area contributed by atoms with Gasteiger partial charge in [0.15, 0.2) is 0 Å². The van der Waals surface area contributed by atoms with Crippen LogP contribution in [0.25, 0.3) is 0 Å². The minimum Gasteiger partial charge on any atom is -0.340 e. The van der Waals surface area contributed by atoms with Gasteiger partial charge in [0.25, 0.3) is 0 Å². The first-order chi connectivity index (χ1) is 8.84. The number of rotatable bonds is 2. The SMILES string of the molecule is Cc1cccc(Nc2cc(C(F)(F)F)cc(Cl)n2)c1. The molecule has 0 atom stereocenters. The molecule has 0 aliphatic heterocycles. The lowest BCUT2D eigenvalue weighted by atomic mass is 10.2. The Labute approximate surface area is 113 Å². The Bertz CT molecular complexity index is 597. The summed E-state index contributed by atoms with van der Waals surface area (Å²) in [5, 5.41) is 2.60. The molecule has 6 heteroatoms. The zero-order valence-electron chi connectivity index (χ0n) is 9.92. The van der Waals surface area contributed by atoms with Crippen LogP contribution in [0.15, 0.2) is 36.4 Å². The van der Waals surface area contributed by atoms with Crippen LogP contribution in [0.2, 0.25) is 5.15 Å². The van der Waals surface area contributed by atoms with E-state index in [0.29, 0.717) is 5.69 Å². The van der Waals surface area contributed by atoms with Crippen molar-refractivity contribution in [1.29, 1.82) is 0 Å². The average molecular weight is 287 g/mol. The van der Waals surface area contributed by atoms with Crippen molar-refractivity contribution in [3.8, 4) is 0 Å². The maximum absolute atomic E-state index is 12.6. The second-order valence-corrected chi connectivity index (χ2v) is 4.44. The van der Waals surface area contributed by atoms with Gasteiger partial charge in [-0.3, -0.25) is 0 Å². The third kappa shape index (κ3) is 3.61. The molecule has 0 bridgehead atoms. The number of nitrogens with one attached hydrogen (secondary N) is 1. The van der Waals surface area contributed by atoms with Gasteiger partial charge in [-0.05, 0) is 36.8 Å². The smallest absolute Gasteiger partial charge is 0.340 e. The maximum atomic E-state index is 12.6. The monoisotopic (exact) mass is 286 g/mol. The summed E-state index contributed by atoms with van der Waals surface area (Å²) < 4.78 is 37.9. The highest BCUT2D eigenvalue weighted by molar-refractivity contribution is 6.29. The summed E-state index contributed by atoms with van der Waals surface area (Å²) >= 11 is 5.60. The van der Waals surface area contributed by atoms with Crippen molar-refractivity contribution in [2.75, 3.05) is 5.32 Å². The topological polar surface area (TPSA) is 24.9 Å². The molecule has 0 spiro atoms. The molecule has 0 aliphatic rings. The van der Waals surface area contributed by atoms with Gasteiger partial charge in [-0.25, -0.2) is 4.98 Å². The summed E-state index contributed by atoms with van der Waals surface area (Å²) in [6, 6.07) is 8.94. The fourth-order valence-corrected chi connectivity index (χ4v) is 1.80. The molecule has 0 unspecified atom stereocenters. The molecular weight excluding hydrogens is 277 g/mol. The molecule has 1 aromatic heterocycles. The molecule has 19 heavy (non-hydrogen) atoms. The van der Waals surface area contributed by atoms with Gasteiger partial charge in [-0.15, -0.1) is 0 Å². The largest absolute Gasteiger partial charge is 0.416 e. The van der Waals surface area contributed by atoms with E-state index in [9.17, 15) is 13.2 Å². The normalized spacial score (nSPS) is 11.4. The van der Waals surface area contributed by atoms with Crippen LogP contribution in [-0.4, -0.2) is 4.98 Å². The summed E-state index contributed by atoms with van der Waals surface area (Å²) in [6.07, 6.45) is -4.45. The first-order valence-electron chi connectivity index (χ1n) is 5.43. The zero-order chi connectivity index (χ0) is 14.0. The van der Waals surface area contributed by atoms with Gasteiger partial charge >= 0.3 is 6.18 Å². The Morgan fingerprint density at radius 2 is 1.89 bits per heavy atom. The highest BCUT2D eigenvalue weighted by Gasteiger charge is 2.31. The van der Waals surface area contributed by atoms with Crippen LogP contribution < -0.4 is 5.32 Å². The molecule has 2 aromatic rings. The van der Waals surface area contributed by atoms with E-state index in [2.05, 4.69) is 10.3 Å². The fourth-order valence-electron chi connectivity index (χ4n) is 1.60. The van der Waals surface area contributed by atoms with E-state index in [1.165, 1.54) is 0 Å². The number of pyridine rings is 1. The van der Waals surface area contributed by atoms with Gasteiger partial charge in [0.1, 0.15) is 11.0 Å². The molecule has 0 amide bonds. The van der Waals surface area contributed by atoms with E-state index in [0.717, 1.165) is 17.7 Å². The molecule has 0 saturated heterocycles. The minimum atomic E-state index is -4.45. The van der Waals surface area contributed by atoms with Crippen molar-refractivity contribution in [3.05, 3.63) is 52.7 Å². The Morgan fingerprint density at radius 1 is 1.16 bits per heavy atom. The zero-order valence-corrected chi connectivity index (χ0v) is 10.7. The lowest BCUT2D eigenvalue weighted by Gasteiger charge is -2.11. The Kier molecular flexibility index (Phi) is 3.66. The lowest BCUT2D eigenvalue weighted by molar-refractivity contribution is -0.137. The lowest BCUT2D eigenvalue weighted by Crippen LogP contribution is -2.06. The van der Waals surface area contributed by atoms with Gasteiger partial charge < -0.3 is 5.32 Å². The van der Waals surface area contributed by atoms with Crippen LogP contribution in [0.3, 0.4) is 0 Å². The number of aromatic nitrogens is 1. The van der Waals surface area contributed by atoms with Gasteiger partial charge in [-0.2, -0.15) is 13.2 Å². The third-order valence-electron chi connectivity index (χ3n) is 2.41. The van der Waals surface area contributed by atoms with Crippen LogP contribution in [-0.2, 0) is 6.18 Å². The van der Waals surface area contributed by atoms with Crippen molar-refractivity contribution < 1.29 is 13.2 Å². The Morgan fingerprint density at radius 3 is 2.53 bits per heavy atom. The molecule has 1 heterocycles. The summed E-state index contributed by atoms with van der Waals surface area (Å²) in [7, 11) is 0. The van der Waals surface area contributed by atoms with Crippen molar-refractivity contribution in [3.63, 3.8) is 0 Å². The minimum absolute atomic E-state index is 0.0606. The highest BCUT2D eigenvalue weighted by Crippen LogP contribution is 2.32. The third-order valence-corrected chi connectivity index (χ3v) is 2.61. The number of aryl methyl sites for hydroxylation is 1. The first kappa shape index (κ1) is 13.7. The van der Waals surface area contributed by atoms with E-state index >= 15 is 0 Å². The van der Waals surface area contributed by atoms with Crippen molar-refractivity contribution in [2.45, 2.75) is 13.1 Å². The molecule has 2 rings (SSSR count). The van der Waals surface area contributed by atoms with Gasteiger partial charge in [-0.1, -0.05) is 23.7 Å². The molecular formula is C13H10ClF3N2. The number of hydrogen-bond donors (Lipinski definition) is 1. The van der Waals surface area contributed by atoms with E-state index in [1.54, 1.807) is 18.2 Å². The van der Waals surface area contributed by atoms with Crippen LogP contribution in [0.1, 0.15) is 11.1 Å². The highest BCUT2D eigenvalue weighted by atomic mass is 35.5. The second kappa shape index (κ2) is 5.09. The molecule has 0 fully saturated rings. The summed E-state index contributed by atoms with van der Waals surface area (Å²) in [6.45, 7) is 1.89. The molecule has 1 aromatic carbocycles. The van der Waals surface area contributed by atoms with Crippen molar-refractivity contribution >= 4 is 23.1 Å². The van der Waals surface area contributed by atoms with Gasteiger partial charge in [0.2, 0.25) is 0 Å². The molecule has 2 nitrogen and oxygen atoms in total. The number of halogens is 4. The number of nitrogens with zero attached hydrogens (tertiary/aromatic N) is 1. The van der Waals surface area contributed by atoms with Gasteiger partial charge in [0.05, 0.1) is 5.56 Å². The maximum Gasteiger partial charge on any atom is 0.416 e. The van der Waals surface area contributed by atoms with E-state index in [-0.39, 0.29) is 11.0 Å². The predicted octanol–water partition coefficient (Wildman–Crippen LogP) is 4.81. The summed E-state index contributed by atoms with van der Waals surface area (Å²) in [5.74, 6) is 0.0606. The van der Waals surface area contributed by atoms with Crippen LogP contribution in [0, 0.1) is 6.92 Å². The molecule has 0 saturated carbocycles. The number of alkyl halides is 3. The average Bonchev–Trinajstić information content (AvgIpc) is 2.26. The second-order valence-electron chi connectivity index (χ2n) is 4.06. The summed E-state index contributed by atoms with van der Waals surface area (Å²) in [5.41, 5.74) is 0.814. The van der Waals surface area contributed by atoms with E-state index < -0.39 is 11.7 Å².